The molecule has 0 radical (unpaired) electrons. The van der Waals surface area contributed by atoms with Gasteiger partial charge >= 0.3 is 5.97 Å². The Morgan fingerprint density at radius 3 is 2.55 bits per heavy atom. The second kappa shape index (κ2) is 5.35. The van der Waals surface area contributed by atoms with Crippen LogP contribution in [0.5, 0.6) is 0 Å². The minimum Gasteiger partial charge on any atom is -0.462 e. The van der Waals surface area contributed by atoms with Crippen LogP contribution in [-0.4, -0.2) is 12.6 Å². The number of rotatable bonds is 3. The number of carbonyl (C=O) groups excluding carboxylic acids is 1. The van der Waals surface area contributed by atoms with Gasteiger partial charge in [0, 0.05) is 0 Å². The van der Waals surface area contributed by atoms with E-state index >= 15 is 0 Å². The highest BCUT2D eigenvalue weighted by Gasteiger charge is 2.05. The molecule has 0 unspecified atom stereocenters. The molecule has 0 aromatic carbocycles. The molecule has 0 fully saturated rings. The fourth-order valence-electron chi connectivity index (χ4n) is 0.561. The lowest BCUT2D eigenvalue weighted by molar-refractivity contribution is -0.137. The van der Waals surface area contributed by atoms with Crippen molar-refractivity contribution < 1.29 is 9.53 Å². The smallest absolute Gasteiger partial charge is 0.344 e. The van der Waals surface area contributed by atoms with E-state index in [9.17, 15) is 4.79 Å². The molecule has 0 bridgehead atoms. The first-order chi connectivity index (χ1) is 5.07. The number of allylic oxidation sites excluding steroid dienone is 1. The summed E-state index contributed by atoms with van der Waals surface area (Å²) in [6.07, 6.45) is 1.82. The Kier molecular flexibility index (Phi) is 5.20. The van der Waals surface area contributed by atoms with E-state index in [1.165, 1.54) is 0 Å². The van der Waals surface area contributed by atoms with Crippen LogP contribution in [0, 0.1) is 5.92 Å². The van der Waals surface area contributed by atoms with Gasteiger partial charge in [-0.05, 0) is 28.8 Å². The summed E-state index contributed by atoms with van der Waals surface area (Å²) in [6.45, 7) is 6.20. The number of ether oxygens (including phenoxy) is 1. The fraction of sp³-hybridized carbons (Fsp3) is 0.625. The molecular formula is C8H13BrO2. The first-order valence-corrected chi connectivity index (χ1v) is 4.41. The standard InChI is InChI=1S/C8H13BrO2/c1-4-11-8(10)7(9)5-6(2)3/h5-6H,4H2,1-3H3/b7-5-. The summed E-state index contributed by atoms with van der Waals surface area (Å²) in [5, 5.41) is 0. The Bertz CT molecular complexity index is 161. The summed E-state index contributed by atoms with van der Waals surface area (Å²) in [6, 6.07) is 0. The molecule has 0 saturated heterocycles. The molecule has 0 heterocycles. The largest absolute Gasteiger partial charge is 0.462 e. The van der Waals surface area contributed by atoms with Crippen molar-refractivity contribution in [2.24, 2.45) is 5.92 Å². The van der Waals surface area contributed by atoms with Gasteiger partial charge in [-0.3, -0.25) is 0 Å². The van der Waals surface area contributed by atoms with Crippen LogP contribution in [-0.2, 0) is 9.53 Å². The van der Waals surface area contributed by atoms with Gasteiger partial charge in [0.1, 0.15) is 0 Å². The van der Waals surface area contributed by atoms with Crippen molar-refractivity contribution in [1.29, 1.82) is 0 Å². The van der Waals surface area contributed by atoms with Gasteiger partial charge < -0.3 is 4.74 Å². The van der Waals surface area contributed by atoms with E-state index in [0.717, 1.165) is 0 Å². The van der Waals surface area contributed by atoms with E-state index in [1.54, 1.807) is 6.92 Å². The van der Waals surface area contributed by atoms with Gasteiger partial charge in [-0.25, -0.2) is 4.79 Å². The lowest BCUT2D eigenvalue weighted by Gasteiger charge is -2.00. The van der Waals surface area contributed by atoms with Gasteiger partial charge in [0.25, 0.3) is 0 Å². The first-order valence-electron chi connectivity index (χ1n) is 3.62. The third-order valence-electron chi connectivity index (χ3n) is 0.950. The van der Waals surface area contributed by atoms with Gasteiger partial charge in [-0.2, -0.15) is 0 Å². The third kappa shape index (κ3) is 5.01. The van der Waals surface area contributed by atoms with Crippen molar-refractivity contribution >= 4 is 21.9 Å². The molecule has 0 aromatic rings. The molecule has 0 atom stereocenters. The van der Waals surface area contributed by atoms with E-state index in [1.807, 2.05) is 19.9 Å². The van der Waals surface area contributed by atoms with Crippen LogP contribution in [0.2, 0.25) is 0 Å². The summed E-state index contributed by atoms with van der Waals surface area (Å²) < 4.78 is 5.26. The molecule has 0 N–H and O–H groups in total. The maximum absolute atomic E-state index is 10.9. The normalized spacial score (nSPS) is 11.9. The van der Waals surface area contributed by atoms with Crippen molar-refractivity contribution in [3.63, 3.8) is 0 Å². The van der Waals surface area contributed by atoms with Crippen molar-refractivity contribution in [1.82, 2.24) is 0 Å². The number of esters is 1. The zero-order valence-corrected chi connectivity index (χ0v) is 8.64. The van der Waals surface area contributed by atoms with Crippen LogP contribution in [0.25, 0.3) is 0 Å². The summed E-state index contributed by atoms with van der Waals surface area (Å²) in [4.78, 5) is 10.9. The molecule has 64 valence electrons. The SMILES string of the molecule is CCOC(=O)/C(Br)=C/C(C)C. The van der Waals surface area contributed by atoms with E-state index in [-0.39, 0.29) is 5.97 Å². The Labute approximate surface area is 75.7 Å². The number of hydrogen-bond donors (Lipinski definition) is 0. The second-order valence-corrected chi connectivity index (χ2v) is 3.33. The van der Waals surface area contributed by atoms with Gasteiger partial charge in [-0.15, -0.1) is 0 Å². The predicted octanol–water partition coefficient (Wildman–Crippen LogP) is 2.48. The fourth-order valence-corrected chi connectivity index (χ4v) is 1.20. The summed E-state index contributed by atoms with van der Waals surface area (Å²) in [5.74, 6) is 0.0648. The average Bonchev–Trinajstić information content (AvgIpc) is 1.86. The van der Waals surface area contributed by atoms with Crippen molar-refractivity contribution in [3.8, 4) is 0 Å². The highest BCUT2D eigenvalue weighted by molar-refractivity contribution is 9.12. The Balaban J connectivity index is 4.01. The molecule has 0 amide bonds. The summed E-state index contributed by atoms with van der Waals surface area (Å²) in [7, 11) is 0. The van der Waals surface area contributed by atoms with Gasteiger partial charge in [0.2, 0.25) is 0 Å². The molecule has 0 rings (SSSR count). The van der Waals surface area contributed by atoms with Gasteiger partial charge in [0.15, 0.2) is 0 Å². The van der Waals surface area contributed by atoms with Crippen LogP contribution in [0.15, 0.2) is 10.6 Å². The third-order valence-corrected chi connectivity index (χ3v) is 1.54. The Morgan fingerprint density at radius 1 is 1.64 bits per heavy atom. The minimum atomic E-state index is -0.291. The number of halogens is 1. The van der Waals surface area contributed by atoms with Crippen molar-refractivity contribution in [3.05, 3.63) is 10.6 Å². The van der Waals surface area contributed by atoms with Crippen LogP contribution >= 0.6 is 15.9 Å². The summed E-state index contributed by atoms with van der Waals surface area (Å²) in [5.41, 5.74) is 0. The molecule has 0 aliphatic carbocycles. The van der Waals surface area contributed by atoms with Crippen LogP contribution in [0.1, 0.15) is 20.8 Å². The van der Waals surface area contributed by atoms with E-state index in [0.29, 0.717) is 17.0 Å². The Hall–Kier alpha value is -0.310. The van der Waals surface area contributed by atoms with E-state index < -0.39 is 0 Å². The monoisotopic (exact) mass is 220 g/mol. The molecule has 3 heteroatoms. The van der Waals surface area contributed by atoms with E-state index in [4.69, 9.17) is 4.74 Å². The highest BCUT2D eigenvalue weighted by atomic mass is 79.9. The van der Waals surface area contributed by atoms with Crippen LogP contribution in [0.3, 0.4) is 0 Å². The topological polar surface area (TPSA) is 26.3 Å². The zero-order valence-electron chi connectivity index (χ0n) is 7.06. The maximum atomic E-state index is 10.9. The zero-order chi connectivity index (χ0) is 8.85. The molecule has 0 aliphatic heterocycles. The predicted molar refractivity (Wildman–Crippen MR) is 48.5 cm³/mol. The lowest BCUT2D eigenvalue weighted by atomic mass is 10.2. The molecular weight excluding hydrogens is 208 g/mol. The molecule has 2 nitrogen and oxygen atoms in total. The minimum absolute atomic E-state index is 0.291. The average molecular weight is 221 g/mol. The molecule has 0 aliphatic rings. The van der Waals surface area contributed by atoms with Crippen molar-refractivity contribution in [2.75, 3.05) is 6.61 Å². The van der Waals surface area contributed by atoms with Gasteiger partial charge in [-0.1, -0.05) is 19.9 Å². The van der Waals surface area contributed by atoms with Crippen molar-refractivity contribution in [2.45, 2.75) is 20.8 Å². The maximum Gasteiger partial charge on any atom is 0.344 e. The van der Waals surface area contributed by atoms with Crippen LogP contribution < -0.4 is 0 Å². The molecule has 0 spiro atoms. The summed E-state index contributed by atoms with van der Waals surface area (Å²) >= 11 is 3.13. The molecule has 0 aromatic heterocycles. The lowest BCUT2D eigenvalue weighted by Crippen LogP contribution is -2.03. The van der Waals surface area contributed by atoms with Crippen LogP contribution in [0.4, 0.5) is 0 Å². The van der Waals surface area contributed by atoms with Gasteiger partial charge in [0.05, 0.1) is 11.1 Å². The first kappa shape index (κ1) is 10.7. The second-order valence-electron chi connectivity index (χ2n) is 2.48. The molecule has 0 saturated carbocycles. The highest BCUT2D eigenvalue weighted by Crippen LogP contribution is 2.10. The number of carbonyl (C=O) groups is 1. The number of hydrogen-bond acceptors (Lipinski definition) is 2. The molecule has 11 heavy (non-hydrogen) atoms. The quantitative estimate of drug-likeness (QED) is 0.540. The Morgan fingerprint density at radius 2 is 2.18 bits per heavy atom. The van der Waals surface area contributed by atoms with E-state index in [2.05, 4.69) is 15.9 Å².